The fourth-order valence-electron chi connectivity index (χ4n) is 4.48. The zero-order valence-corrected chi connectivity index (χ0v) is 16.4. The number of aromatic nitrogens is 1. The van der Waals surface area contributed by atoms with Crippen LogP contribution < -0.4 is 10.6 Å². The van der Waals surface area contributed by atoms with Gasteiger partial charge < -0.3 is 14.8 Å². The van der Waals surface area contributed by atoms with Crippen molar-refractivity contribution in [3.05, 3.63) is 60.7 Å². The van der Waals surface area contributed by atoms with Crippen LogP contribution in [0.4, 0.5) is 4.79 Å². The summed E-state index contributed by atoms with van der Waals surface area (Å²) in [5.74, 6) is -0.282. The van der Waals surface area contributed by atoms with Gasteiger partial charge in [0.05, 0.1) is 0 Å². The quantitative estimate of drug-likeness (QED) is 0.661. The van der Waals surface area contributed by atoms with E-state index in [1.54, 1.807) is 4.90 Å². The molecule has 7 heteroatoms. The summed E-state index contributed by atoms with van der Waals surface area (Å²) in [4.78, 5) is 38.6. The second-order valence-corrected chi connectivity index (χ2v) is 7.91. The number of rotatable bonds is 3. The number of benzene rings is 2. The number of hydrogen-bond acceptors (Lipinski definition) is 3. The van der Waals surface area contributed by atoms with Gasteiger partial charge in [-0.25, -0.2) is 4.79 Å². The molecule has 0 radical (unpaired) electrons. The average molecular weight is 402 g/mol. The second kappa shape index (κ2) is 7.02. The van der Waals surface area contributed by atoms with Crippen LogP contribution in [0.5, 0.6) is 0 Å². The Morgan fingerprint density at radius 3 is 2.37 bits per heavy atom. The third-order valence-electron chi connectivity index (χ3n) is 6.16. The van der Waals surface area contributed by atoms with E-state index in [2.05, 4.69) is 27.3 Å². The van der Waals surface area contributed by atoms with Crippen molar-refractivity contribution in [2.45, 2.75) is 24.9 Å². The molecule has 2 saturated heterocycles. The molecule has 0 unspecified atom stereocenters. The van der Waals surface area contributed by atoms with Crippen molar-refractivity contribution in [3.63, 3.8) is 0 Å². The summed E-state index contributed by atoms with van der Waals surface area (Å²) < 4.78 is 2.06. The second-order valence-electron chi connectivity index (χ2n) is 7.91. The summed E-state index contributed by atoms with van der Waals surface area (Å²) in [6.45, 7) is 1.10. The van der Waals surface area contributed by atoms with Gasteiger partial charge in [-0.15, -0.1) is 0 Å². The molecule has 3 heterocycles. The lowest BCUT2D eigenvalue weighted by Gasteiger charge is -2.37. The highest BCUT2D eigenvalue weighted by atomic mass is 16.2. The molecule has 0 saturated carbocycles. The fourth-order valence-corrected chi connectivity index (χ4v) is 4.48. The largest absolute Gasteiger partial charge is 0.341 e. The number of imide groups is 1. The molecule has 5 rings (SSSR count). The molecule has 0 atom stereocenters. The minimum Gasteiger partial charge on any atom is -0.341 e. The zero-order valence-electron chi connectivity index (χ0n) is 16.4. The number of hydrogen-bond donors (Lipinski definition) is 2. The number of nitrogens with one attached hydrogen (secondary N) is 2. The van der Waals surface area contributed by atoms with E-state index < -0.39 is 11.6 Å². The van der Waals surface area contributed by atoms with Crippen molar-refractivity contribution in [1.29, 1.82) is 0 Å². The molecule has 2 aromatic carbocycles. The predicted molar refractivity (Wildman–Crippen MR) is 113 cm³/mol. The maximum Gasteiger partial charge on any atom is 0.322 e. The lowest BCUT2D eigenvalue weighted by atomic mass is 9.87. The van der Waals surface area contributed by atoms with E-state index in [-0.39, 0.29) is 18.4 Å². The first-order chi connectivity index (χ1) is 14.6. The Kier molecular flexibility index (Phi) is 4.31. The van der Waals surface area contributed by atoms with Gasteiger partial charge in [-0.1, -0.05) is 48.5 Å². The summed E-state index contributed by atoms with van der Waals surface area (Å²) in [6.07, 6.45) is 0.850. The van der Waals surface area contributed by atoms with Gasteiger partial charge in [-0.2, -0.15) is 0 Å². The van der Waals surface area contributed by atoms with Gasteiger partial charge >= 0.3 is 6.03 Å². The molecule has 2 aliphatic rings. The monoisotopic (exact) mass is 402 g/mol. The predicted octanol–water partition coefficient (Wildman–Crippen LogP) is 2.51. The van der Waals surface area contributed by atoms with Gasteiger partial charge in [-0.3, -0.25) is 14.9 Å². The van der Waals surface area contributed by atoms with Crippen LogP contribution in [0.2, 0.25) is 0 Å². The minimum atomic E-state index is -0.872. The lowest BCUT2D eigenvalue weighted by Crippen LogP contribution is -2.56. The summed E-state index contributed by atoms with van der Waals surface area (Å²) in [5.41, 5.74) is 2.20. The van der Waals surface area contributed by atoms with Crippen LogP contribution in [-0.4, -0.2) is 45.9 Å². The molecule has 30 heavy (non-hydrogen) atoms. The van der Waals surface area contributed by atoms with Crippen LogP contribution in [0.3, 0.4) is 0 Å². The van der Waals surface area contributed by atoms with Crippen LogP contribution in [0.1, 0.15) is 12.8 Å². The van der Waals surface area contributed by atoms with E-state index in [1.165, 1.54) is 0 Å². The Morgan fingerprint density at radius 1 is 0.967 bits per heavy atom. The standard InChI is InChI=1S/C23H22N4O3/c28-20(26-12-10-23(11-13-26)21(29)24-22(30)25-23)15-27-18-9-5-4-8-17(18)14-19(27)16-6-2-1-3-7-16/h1-9,14H,10-13,15H2,(H2,24,25,29,30). The first-order valence-electron chi connectivity index (χ1n) is 10.1. The van der Waals surface area contributed by atoms with Gasteiger partial charge in [0.15, 0.2) is 0 Å². The third-order valence-corrected chi connectivity index (χ3v) is 6.16. The molecule has 0 bridgehead atoms. The Morgan fingerprint density at radius 2 is 1.67 bits per heavy atom. The molecule has 2 fully saturated rings. The normalized spacial score (nSPS) is 17.9. The minimum absolute atomic E-state index is 0.00751. The van der Waals surface area contributed by atoms with Gasteiger partial charge in [-0.05, 0) is 30.5 Å². The lowest BCUT2D eigenvalue weighted by molar-refractivity contribution is -0.136. The maximum atomic E-state index is 13.2. The number of piperidine rings is 1. The summed E-state index contributed by atoms with van der Waals surface area (Å²) in [6, 6.07) is 19.7. The molecule has 1 aromatic heterocycles. The van der Waals surface area contributed by atoms with E-state index in [0.717, 1.165) is 22.2 Å². The number of nitrogens with zero attached hydrogens (tertiary/aromatic N) is 2. The van der Waals surface area contributed by atoms with E-state index in [1.807, 2.05) is 48.5 Å². The highest BCUT2D eigenvalue weighted by Crippen LogP contribution is 2.29. The Bertz CT molecular complexity index is 1140. The van der Waals surface area contributed by atoms with Crippen molar-refractivity contribution in [2.75, 3.05) is 13.1 Å². The summed E-state index contributed by atoms with van der Waals surface area (Å²) in [5, 5.41) is 6.13. The number of para-hydroxylation sites is 1. The fraction of sp³-hybridized carbons (Fsp3) is 0.261. The number of carbonyl (C=O) groups excluding carboxylic acids is 3. The van der Waals surface area contributed by atoms with Gasteiger partial charge in [0.2, 0.25) is 5.91 Å². The molecule has 1 spiro atoms. The summed E-state index contributed by atoms with van der Waals surface area (Å²) >= 11 is 0. The highest BCUT2D eigenvalue weighted by Gasteiger charge is 2.48. The smallest absolute Gasteiger partial charge is 0.322 e. The van der Waals surface area contributed by atoms with Crippen LogP contribution in [-0.2, 0) is 16.1 Å². The van der Waals surface area contributed by atoms with Crippen molar-refractivity contribution in [2.24, 2.45) is 0 Å². The Labute approximate surface area is 173 Å². The third kappa shape index (κ3) is 3.03. The average Bonchev–Trinajstić information content (AvgIpc) is 3.26. The van der Waals surface area contributed by atoms with Crippen molar-refractivity contribution < 1.29 is 14.4 Å². The van der Waals surface area contributed by atoms with Crippen LogP contribution >= 0.6 is 0 Å². The van der Waals surface area contributed by atoms with Crippen molar-refractivity contribution in [1.82, 2.24) is 20.1 Å². The van der Waals surface area contributed by atoms with Gasteiger partial charge in [0, 0.05) is 29.7 Å². The first kappa shape index (κ1) is 18.4. The van der Waals surface area contributed by atoms with E-state index in [4.69, 9.17) is 0 Å². The SMILES string of the molecule is O=C1NC(=O)C2(CCN(C(=O)Cn3c(-c4ccccc4)cc4ccccc43)CC2)N1. The van der Waals surface area contributed by atoms with E-state index in [0.29, 0.717) is 25.9 Å². The van der Waals surface area contributed by atoms with Crippen LogP contribution in [0.25, 0.3) is 22.2 Å². The highest BCUT2D eigenvalue weighted by molar-refractivity contribution is 6.07. The summed E-state index contributed by atoms with van der Waals surface area (Å²) in [7, 11) is 0. The van der Waals surface area contributed by atoms with Crippen molar-refractivity contribution in [3.8, 4) is 11.3 Å². The molecule has 7 nitrogen and oxygen atoms in total. The van der Waals surface area contributed by atoms with Gasteiger partial charge in [0.25, 0.3) is 5.91 Å². The molecule has 0 aliphatic carbocycles. The molecular formula is C23H22N4O3. The number of urea groups is 1. The first-order valence-corrected chi connectivity index (χ1v) is 10.1. The van der Waals surface area contributed by atoms with Crippen LogP contribution in [0, 0.1) is 0 Å². The molecule has 3 aromatic rings. The zero-order chi connectivity index (χ0) is 20.7. The molecule has 2 aliphatic heterocycles. The number of fused-ring (bicyclic) bond motifs is 1. The molecule has 2 N–H and O–H groups in total. The van der Waals surface area contributed by atoms with E-state index in [9.17, 15) is 14.4 Å². The number of likely N-dealkylation sites (tertiary alicyclic amines) is 1. The topological polar surface area (TPSA) is 83.4 Å². The van der Waals surface area contributed by atoms with E-state index >= 15 is 0 Å². The molecule has 152 valence electrons. The molecular weight excluding hydrogens is 380 g/mol. The van der Waals surface area contributed by atoms with Crippen molar-refractivity contribution >= 4 is 28.7 Å². The maximum absolute atomic E-state index is 13.2. The van der Waals surface area contributed by atoms with Crippen LogP contribution in [0.15, 0.2) is 60.7 Å². The number of carbonyl (C=O) groups is 3. The number of amides is 4. The van der Waals surface area contributed by atoms with Gasteiger partial charge in [0.1, 0.15) is 12.1 Å². The Balaban J connectivity index is 1.39. The molecule has 4 amide bonds. The Hall–Kier alpha value is -3.61.